The highest BCUT2D eigenvalue weighted by Crippen LogP contribution is 2.01. The van der Waals surface area contributed by atoms with Gasteiger partial charge in [0.05, 0.1) is 31.0 Å². The topological polar surface area (TPSA) is 119 Å². The third-order valence-electron chi connectivity index (χ3n) is 2.05. The van der Waals surface area contributed by atoms with Crippen molar-refractivity contribution in [2.75, 3.05) is 12.3 Å². The van der Waals surface area contributed by atoms with Gasteiger partial charge in [0.2, 0.25) is 0 Å². The highest BCUT2D eigenvalue weighted by molar-refractivity contribution is 7.89. The van der Waals surface area contributed by atoms with Crippen LogP contribution in [0.25, 0.3) is 0 Å². The summed E-state index contributed by atoms with van der Waals surface area (Å²) < 4.78 is 27.3. The molecular weight excluding hydrogens is 244 g/mol. The molecular formula is C8H12N6O2S. The number of anilines is 1. The van der Waals surface area contributed by atoms with E-state index in [1.165, 1.54) is 18.7 Å². The van der Waals surface area contributed by atoms with Crippen LogP contribution in [0.5, 0.6) is 0 Å². The molecule has 0 aliphatic heterocycles. The Hall–Kier alpha value is -1.87. The summed E-state index contributed by atoms with van der Waals surface area (Å²) in [4.78, 5) is 6.18. The molecule has 0 fully saturated rings. The molecule has 0 amide bonds. The van der Waals surface area contributed by atoms with Crippen LogP contribution < -0.4 is 10.5 Å². The average Bonchev–Trinajstić information content (AvgIpc) is 2.89. The van der Waals surface area contributed by atoms with Gasteiger partial charge in [0.15, 0.2) is 5.03 Å². The minimum Gasteiger partial charge on any atom is -0.396 e. The number of sulfonamides is 1. The third kappa shape index (κ3) is 2.82. The number of nitrogens with zero attached hydrogens (tertiary/aromatic N) is 3. The molecule has 0 saturated carbocycles. The Morgan fingerprint density at radius 2 is 2.29 bits per heavy atom. The van der Waals surface area contributed by atoms with Gasteiger partial charge in [-0.05, 0) is 0 Å². The summed E-state index contributed by atoms with van der Waals surface area (Å²) in [6, 6.07) is 0. The molecule has 92 valence electrons. The van der Waals surface area contributed by atoms with Crippen LogP contribution in [-0.2, 0) is 16.6 Å². The van der Waals surface area contributed by atoms with Crippen molar-refractivity contribution >= 4 is 15.7 Å². The van der Waals surface area contributed by atoms with Crippen LogP contribution in [0.1, 0.15) is 0 Å². The lowest BCUT2D eigenvalue weighted by atomic mass is 10.6. The number of nitrogens with two attached hydrogens (primary N) is 1. The van der Waals surface area contributed by atoms with Gasteiger partial charge in [0.1, 0.15) is 0 Å². The molecule has 2 rings (SSSR count). The van der Waals surface area contributed by atoms with Crippen molar-refractivity contribution in [3.05, 3.63) is 24.9 Å². The van der Waals surface area contributed by atoms with Gasteiger partial charge >= 0.3 is 0 Å². The molecule has 9 heteroatoms. The molecule has 2 heterocycles. The maximum atomic E-state index is 11.7. The summed E-state index contributed by atoms with van der Waals surface area (Å²) in [5.41, 5.74) is 6.02. The lowest BCUT2D eigenvalue weighted by Crippen LogP contribution is -2.27. The fourth-order valence-electron chi connectivity index (χ4n) is 1.26. The van der Waals surface area contributed by atoms with Crippen LogP contribution in [0.2, 0.25) is 0 Å². The zero-order valence-electron chi connectivity index (χ0n) is 8.87. The summed E-state index contributed by atoms with van der Waals surface area (Å²) in [7, 11) is -3.52. The first kappa shape index (κ1) is 11.6. The molecule has 2 aromatic heterocycles. The highest BCUT2D eigenvalue weighted by atomic mass is 32.2. The molecule has 0 radical (unpaired) electrons. The number of aromatic amines is 1. The van der Waals surface area contributed by atoms with E-state index in [9.17, 15) is 8.42 Å². The third-order valence-corrected chi connectivity index (χ3v) is 3.44. The van der Waals surface area contributed by atoms with Crippen molar-refractivity contribution in [2.45, 2.75) is 11.6 Å². The minimum absolute atomic E-state index is 0.0393. The maximum absolute atomic E-state index is 11.7. The summed E-state index contributed by atoms with van der Waals surface area (Å²) in [5, 5.41) is 3.97. The molecule has 0 bridgehead atoms. The number of nitrogen functional groups attached to an aromatic ring is 1. The van der Waals surface area contributed by atoms with Crippen molar-refractivity contribution in [3.8, 4) is 0 Å². The molecule has 0 aliphatic rings. The number of imidazole rings is 1. The zero-order valence-corrected chi connectivity index (χ0v) is 9.68. The van der Waals surface area contributed by atoms with Gasteiger partial charge in [0.25, 0.3) is 10.0 Å². The zero-order chi connectivity index (χ0) is 12.3. The van der Waals surface area contributed by atoms with Gasteiger partial charge in [-0.25, -0.2) is 18.1 Å². The fourth-order valence-corrected chi connectivity index (χ4v) is 2.19. The fraction of sp³-hybridized carbons (Fsp3) is 0.250. The molecule has 0 unspecified atom stereocenters. The lowest BCUT2D eigenvalue weighted by molar-refractivity contribution is 0.558. The molecule has 4 N–H and O–H groups in total. The van der Waals surface area contributed by atoms with Crippen molar-refractivity contribution in [1.82, 2.24) is 24.5 Å². The van der Waals surface area contributed by atoms with Crippen molar-refractivity contribution in [2.24, 2.45) is 0 Å². The Morgan fingerprint density at radius 1 is 1.47 bits per heavy atom. The second kappa shape index (κ2) is 4.55. The molecule has 0 saturated heterocycles. The smallest absolute Gasteiger partial charge is 0.257 e. The number of rotatable bonds is 5. The monoisotopic (exact) mass is 256 g/mol. The van der Waals surface area contributed by atoms with E-state index >= 15 is 0 Å². The Kier molecular flexibility index (Phi) is 3.11. The first-order valence-corrected chi connectivity index (χ1v) is 6.32. The normalized spacial score (nSPS) is 11.8. The summed E-state index contributed by atoms with van der Waals surface area (Å²) in [6.07, 6.45) is 5.69. The predicted octanol–water partition coefficient (Wildman–Crippen LogP) is -0.833. The second-order valence-electron chi connectivity index (χ2n) is 3.35. The molecule has 0 atom stereocenters. The Morgan fingerprint density at radius 3 is 2.88 bits per heavy atom. The standard InChI is InChI=1S/C8H12N6O2S/c9-7-3-12-14(5-7)2-1-13-17(15,16)8-4-10-6-11-8/h3-6,13H,1-2,9H2,(H,10,11). The average molecular weight is 256 g/mol. The van der Waals surface area contributed by atoms with Gasteiger partial charge in [-0.2, -0.15) is 5.10 Å². The van der Waals surface area contributed by atoms with Gasteiger partial charge in [-0.15, -0.1) is 0 Å². The van der Waals surface area contributed by atoms with E-state index in [1.54, 1.807) is 10.9 Å². The number of hydrogen-bond acceptors (Lipinski definition) is 5. The van der Waals surface area contributed by atoms with Crippen LogP contribution in [-0.4, -0.2) is 34.7 Å². The maximum Gasteiger partial charge on any atom is 0.257 e. The van der Waals surface area contributed by atoms with E-state index in [0.717, 1.165) is 0 Å². The minimum atomic E-state index is -3.52. The Labute approximate surface area is 97.9 Å². The second-order valence-corrected chi connectivity index (χ2v) is 5.09. The van der Waals surface area contributed by atoms with E-state index in [2.05, 4.69) is 19.8 Å². The molecule has 0 spiro atoms. The van der Waals surface area contributed by atoms with E-state index in [4.69, 9.17) is 5.73 Å². The predicted molar refractivity (Wildman–Crippen MR) is 60.4 cm³/mol. The van der Waals surface area contributed by atoms with Crippen LogP contribution in [0, 0.1) is 0 Å². The molecule has 0 aromatic carbocycles. The number of hydrogen-bond donors (Lipinski definition) is 3. The Bertz CT molecular complexity index is 573. The van der Waals surface area contributed by atoms with Crippen molar-refractivity contribution in [1.29, 1.82) is 0 Å². The number of aromatic nitrogens is 4. The summed E-state index contributed by atoms with van der Waals surface area (Å²) in [6.45, 7) is 0.632. The van der Waals surface area contributed by atoms with Crippen LogP contribution >= 0.6 is 0 Å². The summed E-state index contributed by atoms with van der Waals surface area (Å²) in [5.74, 6) is 0. The van der Waals surface area contributed by atoms with Crippen molar-refractivity contribution < 1.29 is 8.42 Å². The van der Waals surface area contributed by atoms with E-state index in [1.807, 2.05) is 0 Å². The van der Waals surface area contributed by atoms with Gasteiger partial charge in [-0.1, -0.05) is 0 Å². The summed E-state index contributed by atoms with van der Waals surface area (Å²) >= 11 is 0. The molecule has 8 nitrogen and oxygen atoms in total. The molecule has 0 aliphatic carbocycles. The van der Waals surface area contributed by atoms with E-state index in [0.29, 0.717) is 12.2 Å². The van der Waals surface area contributed by atoms with Crippen LogP contribution in [0.3, 0.4) is 0 Å². The highest BCUT2D eigenvalue weighted by Gasteiger charge is 2.14. The number of H-pyrrole nitrogens is 1. The molecule has 2 aromatic rings. The van der Waals surface area contributed by atoms with E-state index in [-0.39, 0.29) is 11.6 Å². The largest absolute Gasteiger partial charge is 0.396 e. The molecule has 17 heavy (non-hydrogen) atoms. The lowest BCUT2D eigenvalue weighted by Gasteiger charge is -2.04. The van der Waals surface area contributed by atoms with Crippen molar-refractivity contribution in [3.63, 3.8) is 0 Å². The Balaban J connectivity index is 1.91. The first-order valence-electron chi connectivity index (χ1n) is 4.84. The van der Waals surface area contributed by atoms with E-state index < -0.39 is 10.0 Å². The quantitative estimate of drug-likeness (QED) is 0.645. The van der Waals surface area contributed by atoms with Gasteiger partial charge in [-0.3, -0.25) is 4.68 Å². The first-order chi connectivity index (χ1) is 8.08. The van der Waals surface area contributed by atoms with Gasteiger partial charge < -0.3 is 10.7 Å². The number of nitrogens with one attached hydrogen (secondary N) is 2. The SMILES string of the molecule is Nc1cnn(CCNS(=O)(=O)c2cnc[nH]2)c1. The van der Waals surface area contributed by atoms with Crippen LogP contribution in [0.4, 0.5) is 5.69 Å². The van der Waals surface area contributed by atoms with Gasteiger partial charge in [0, 0.05) is 12.7 Å². The van der Waals surface area contributed by atoms with Crippen LogP contribution in [0.15, 0.2) is 29.9 Å².